The fourth-order valence-electron chi connectivity index (χ4n) is 2.83. The van der Waals surface area contributed by atoms with Gasteiger partial charge in [0.25, 0.3) is 0 Å². The Morgan fingerprint density at radius 2 is 1.87 bits per heavy atom. The van der Waals surface area contributed by atoms with Crippen LogP contribution in [-0.4, -0.2) is 38.0 Å². The van der Waals surface area contributed by atoms with Gasteiger partial charge in [-0.05, 0) is 56.2 Å². The van der Waals surface area contributed by atoms with Crippen LogP contribution in [0.4, 0.5) is 0 Å². The molecule has 158 valence electrons. The van der Waals surface area contributed by atoms with E-state index in [0.717, 1.165) is 38.6 Å². The van der Waals surface area contributed by atoms with Crippen LogP contribution < -0.4 is 4.74 Å². The molecule has 0 bridgehead atoms. The molecule has 0 spiro atoms. The van der Waals surface area contributed by atoms with Crippen LogP contribution in [0.2, 0.25) is 0 Å². The molecular formula is C23H22N4O2S2. The van der Waals surface area contributed by atoms with Crippen molar-refractivity contribution < 1.29 is 9.53 Å². The normalized spacial score (nSPS) is 11.4. The van der Waals surface area contributed by atoms with Crippen LogP contribution in [0.3, 0.4) is 0 Å². The molecule has 2 aromatic carbocycles. The molecule has 0 amide bonds. The maximum atomic E-state index is 12.4. The SMILES string of the molecule is Cc1ccc(/C=C/C(=O)c2ccc(OCCCSc3nn4c(C)nnc4s3)cc2)cc1. The molecule has 0 saturated carbocycles. The van der Waals surface area contributed by atoms with Gasteiger partial charge in [0.1, 0.15) is 5.75 Å². The second-order valence-electron chi connectivity index (χ2n) is 6.99. The van der Waals surface area contributed by atoms with Gasteiger partial charge >= 0.3 is 0 Å². The van der Waals surface area contributed by atoms with Gasteiger partial charge < -0.3 is 4.74 Å². The quantitative estimate of drug-likeness (QED) is 0.150. The van der Waals surface area contributed by atoms with Crippen molar-refractivity contribution in [3.8, 4) is 5.75 Å². The number of aryl methyl sites for hydroxylation is 2. The largest absolute Gasteiger partial charge is 0.494 e. The second-order valence-corrected chi connectivity index (χ2v) is 9.29. The molecule has 0 aliphatic heterocycles. The van der Waals surface area contributed by atoms with Crippen LogP contribution in [0, 0.1) is 13.8 Å². The lowest BCUT2D eigenvalue weighted by atomic mass is 10.1. The number of fused-ring (bicyclic) bond motifs is 1. The topological polar surface area (TPSA) is 69.4 Å². The van der Waals surface area contributed by atoms with E-state index >= 15 is 0 Å². The number of ether oxygens (including phenoxy) is 1. The average Bonchev–Trinajstić information content (AvgIpc) is 3.34. The molecule has 0 aliphatic carbocycles. The van der Waals surface area contributed by atoms with Crippen molar-refractivity contribution >= 4 is 39.9 Å². The van der Waals surface area contributed by atoms with Crippen molar-refractivity contribution in [3.05, 3.63) is 77.1 Å². The van der Waals surface area contributed by atoms with Crippen LogP contribution >= 0.6 is 23.1 Å². The fourth-order valence-corrected chi connectivity index (χ4v) is 4.73. The number of thioether (sulfide) groups is 1. The first-order chi connectivity index (χ1) is 15.1. The summed E-state index contributed by atoms with van der Waals surface area (Å²) in [6, 6.07) is 15.3. The smallest absolute Gasteiger partial charge is 0.235 e. The predicted molar refractivity (Wildman–Crippen MR) is 125 cm³/mol. The molecule has 31 heavy (non-hydrogen) atoms. The van der Waals surface area contributed by atoms with Gasteiger partial charge in [0.15, 0.2) is 15.9 Å². The van der Waals surface area contributed by atoms with E-state index in [-0.39, 0.29) is 5.78 Å². The minimum absolute atomic E-state index is 0.0243. The molecule has 0 saturated heterocycles. The Bertz CT molecular complexity index is 1190. The summed E-state index contributed by atoms with van der Waals surface area (Å²) in [5, 5.41) is 12.6. The van der Waals surface area contributed by atoms with Crippen molar-refractivity contribution in [2.24, 2.45) is 0 Å². The van der Waals surface area contributed by atoms with Gasteiger partial charge in [-0.15, -0.1) is 15.3 Å². The monoisotopic (exact) mass is 450 g/mol. The summed E-state index contributed by atoms with van der Waals surface area (Å²) in [6.45, 7) is 4.54. The van der Waals surface area contributed by atoms with Crippen molar-refractivity contribution in [2.75, 3.05) is 12.4 Å². The maximum Gasteiger partial charge on any atom is 0.235 e. The molecule has 0 fully saturated rings. The highest BCUT2D eigenvalue weighted by atomic mass is 32.2. The summed E-state index contributed by atoms with van der Waals surface area (Å²) < 4.78 is 8.54. The molecule has 0 atom stereocenters. The molecule has 8 heteroatoms. The first kappa shape index (κ1) is 21.3. The zero-order chi connectivity index (χ0) is 21.6. The summed E-state index contributed by atoms with van der Waals surface area (Å²) in [5.74, 6) is 2.44. The van der Waals surface area contributed by atoms with Gasteiger partial charge in [0, 0.05) is 11.3 Å². The van der Waals surface area contributed by atoms with Gasteiger partial charge in [-0.3, -0.25) is 4.79 Å². The molecule has 0 aliphatic rings. The van der Waals surface area contributed by atoms with Crippen LogP contribution in [0.25, 0.3) is 11.0 Å². The Labute approximate surface area is 189 Å². The van der Waals surface area contributed by atoms with E-state index in [1.165, 1.54) is 5.56 Å². The summed E-state index contributed by atoms with van der Waals surface area (Å²) in [7, 11) is 0. The Morgan fingerprint density at radius 3 is 2.61 bits per heavy atom. The number of benzene rings is 2. The number of rotatable bonds is 9. The van der Waals surface area contributed by atoms with Crippen LogP contribution in [0.15, 0.2) is 58.9 Å². The first-order valence-electron chi connectivity index (χ1n) is 9.92. The number of carbonyl (C=O) groups is 1. The standard InChI is InChI=1S/C23H22N4O2S2/c1-16-4-6-18(7-5-16)8-13-21(28)19-9-11-20(12-10-19)29-14-3-15-30-23-26-27-17(2)24-25-22(27)31-23/h4-13H,3,14-15H2,1-2H3/b13-8+. The van der Waals surface area contributed by atoms with Gasteiger partial charge in [0.05, 0.1) is 6.61 Å². The van der Waals surface area contributed by atoms with E-state index in [0.29, 0.717) is 12.2 Å². The molecule has 6 nitrogen and oxygen atoms in total. The van der Waals surface area contributed by atoms with Crippen molar-refractivity contribution in [3.63, 3.8) is 0 Å². The number of ketones is 1. The third-order valence-corrected chi connectivity index (χ3v) is 6.67. The van der Waals surface area contributed by atoms with Crippen molar-refractivity contribution in [1.82, 2.24) is 19.8 Å². The lowest BCUT2D eigenvalue weighted by Gasteiger charge is -2.06. The molecule has 2 aromatic heterocycles. The zero-order valence-electron chi connectivity index (χ0n) is 17.3. The third-order valence-electron chi connectivity index (χ3n) is 4.55. The highest BCUT2D eigenvalue weighted by Gasteiger charge is 2.08. The number of aromatic nitrogens is 4. The first-order valence-corrected chi connectivity index (χ1v) is 11.7. The van der Waals surface area contributed by atoms with Gasteiger partial charge in [0.2, 0.25) is 4.96 Å². The molecule has 0 radical (unpaired) electrons. The molecule has 2 heterocycles. The molecule has 4 aromatic rings. The molecule has 0 N–H and O–H groups in total. The van der Waals surface area contributed by atoms with Gasteiger partial charge in [-0.25, -0.2) is 0 Å². The van der Waals surface area contributed by atoms with E-state index in [1.54, 1.807) is 45.8 Å². The van der Waals surface area contributed by atoms with Crippen LogP contribution in [-0.2, 0) is 0 Å². The maximum absolute atomic E-state index is 12.4. The van der Waals surface area contributed by atoms with E-state index in [4.69, 9.17) is 4.74 Å². The fraction of sp³-hybridized carbons (Fsp3) is 0.217. The molecule has 0 unspecified atom stereocenters. The number of allylic oxidation sites excluding steroid dienone is 1. The second kappa shape index (κ2) is 9.89. The molecular weight excluding hydrogens is 428 g/mol. The van der Waals surface area contributed by atoms with Crippen LogP contribution in [0.5, 0.6) is 5.75 Å². The van der Waals surface area contributed by atoms with Crippen molar-refractivity contribution in [1.29, 1.82) is 0 Å². The Kier molecular flexibility index (Phi) is 6.79. The highest BCUT2D eigenvalue weighted by Crippen LogP contribution is 2.25. The van der Waals surface area contributed by atoms with Gasteiger partial charge in [-0.2, -0.15) is 4.52 Å². The van der Waals surface area contributed by atoms with Crippen molar-refractivity contribution in [2.45, 2.75) is 24.6 Å². The Balaban J connectivity index is 1.21. The lowest BCUT2D eigenvalue weighted by molar-refractivity contribution is 0.104. The van der Waals surface area contributed by atoms with E-state index in [1.807, 2.05) is 56.3 Å². The summed E-state index contributed by atoms with van der Waals surface area (Å²) >= 11 is 3.23. The Hall–Kier alpha value is -2.97. The van der Waals surface area contributed by atoms with E-state index in [9.17, 15) is 4.79 Å². The average molecular weight is 451 g/mol. The van der Waals surface area contributed by atoms with E-state index in [2.05, 4.69) is 15.3 Å². The lowest BCUT2D eigenvalue weighted by Crippen LogP contribution is -2.00. The minimum Gasteiger partial charge on any atom is -0.494 e. The minimum atomic E-state index is -0.0243. The molecule has 4 rings (SSSR count). The predicted octanol–water partition coefficient (Wildman–Crippen LogP) is 5.26. The summed E-state index contributed by atoms with van der Waals surface area (Å²) in [5.41, 5.74) is 2.85. The summed E-state index contributed by atoms with van der Waals surface area (Å²) in [6.07, 6.45) is 4.33. The number of nitrogens with zero attached hydrogens (tertiary/aromatic N) is 4. The Morgan fingerprint density at radius 1 is 1.10 bits per heavy atom. The number of carbonyl (C=O) groups excluding carboxylic acids is 1. The number of hydrogen-bond donors (Lipinski definition) is 0. The van der Waals surface area contributed by atoms with Crippen LogP contribution in [0.1, 0.15) is 33.7 Å². The third kappa shape index (κ3) is 5.59. The van der Waals surface area contributed by atoms with E-state index < -0.39 is 0 Å². The number of hydrogen-bond acceptors (Lipinski definition) is 7. The highest BCUT2D eigenvalue weighted by molar-refractivity contribution is 8.01. The summed E-state index contributed by atoms with van der Waals surface area (Å²) in [4.78, 5) is 13.2. The zero-order valence-corrected chi connectivity index (χ0v) is 18.9. The van der Waals surface area contributed by atoms with Gasteiger partial charge in [-0.1, -0.05) is 59.0 Å².